The maximum Gasteiger partial charge on any atom is 0.191 e. The summed E-state index contributed by atoms with van der Waals surface area (Å²) in [7, 11) is 3.49. The van der Waals surface area contributed by atoms with Crippen LogP contribution in [0.1, 0.15) is 37.8 Å². The molecule has 5 heteroatoms. The lowest BCUT2D eigenvalue weighted by Crippen LogP contribution is -2.37. The minimum absolute atomic E-state index is 0.242. The van der Waals surface area contributed by atoms with Crippen molar-refractivity contribution in [3.8, 4) is 11.5 Å². The standard InChI is InChI=1S/C17H27N3O2/c1-5-6-7-19-17(18-3)20-11-14-10-16-13(8-12(2)22-16)9-15(14)21-4/h9-10,12H,5-8,11H2,1-4H3,(H2,18,19,20). The number of guanidine groups is 1. The van der Waals surface area contributed by atoms with E-state index < -0.39 is 0 Å². The van der Waals surface area contributed by atoms with Crippen molar-refractivity contribution in [3.63, 3.8) is 0 Å². The van der Waals surface area contributed by atoms with E-state index in [9.17, 15) is 0 Å². The average Bonchev–Trinajstić information content (AvgIpc) is 2.88. The molecule has 1 heterocycles. The molecule has 1 aliphatic rings. The Labute approximate surface area is 133 Å². The van der Waals surface area contributed by atoms with E-state index in [0.717, 1.165) is 48.8 Å². The van der Waals surface area contributed by atoms with E-state index in [2.05, 4.69) is 41.6 Å². The van der Waals surface area contributed by atoms with Crippen molar-refractivity contribution in [2.45, 2.75) is 45.8 Å². The third-order valence-electron chi connectivity index (χ3n) is 3.79. The van der Waals surface area contributed by atoms with E-state index in [1.807, 2.05) is 0 Å². The molecule has 1 atom stereocenters. The van der Waals surface area contributed by atoms with Crippen molar-refractivity contribution in [1.82, 2.24) is 10.6 Å². The Balaban J connectivity index is 2.01. The fourth-order valence-electron chi connectivity index (χ4n) is 2.59. The molecule has 2 rings (SSSR count). The van der Waals surface area contributed by atoms with Gasteiger partial charge in [-0.25, -0.2) is 0 Å². The SMILES string of the molecule is CCCCNC(=NC)NCc1cc2c(cc1OC)CC(C)O2. The van der Waals surface area contributed by atoms with Gasteiger partial charge in [-0.2, -0.15) is 0 Å². The number of nitrogens with zero attached hydrogens (tertiary/aromatic N) is 1. The number of fused-ring (bicyclic) bond motifs is 1. The zero-order chi connectivity index (χ0) is 15.9. The Morgan fingerprint density at radius 3 is 2.91 bits per heavy atom. The van der Waals surface area contributed by atoms with Crippen molar-refractivity contribution in [1.29, 1.82) is 0 Å². The van der Waals surface area contributed by atoms with Crippen LogP contribution < -0.4 is 20.1 Å². The van der Waals surface area contributed by atoms with Gasteiger partial charge in [-0.15, -0.1) is 0 Å². The molecule has 0 fully saturated rings. The van der Waals surface area contributed by atoms with Gasteiger partial charge in [-0.05, 0) is 25.5 Å². The predicted molar refractivity (Wildman–Crippen MR) is 89.9 cm³/mol. The highest BCUT2D eigenvalue weighted by atomic mass is 16.5. The highest BCUT2D eigenvalue weighted by molar-refractivity contribution is 5.79. The number of benzene rings is 1. The third kappa shape index (κ3) is 4.06. The first-order chi connectivity index (χ1) is 10.7. The summed E-state index contributed by atoms with van der Waals surface area (Å²) in [6, 6.07) is 4.16. The molecule has 0 spiro atoms. The number of hydrogen-bond acceptors (Lipinski definition) is 3. The molecule has 2 N–H and O–H groups in total. The molecule has 0 bridgehead atoms. The highest BCUT2D eigenvalue weighted by Gasteiger charge is 2.21. The maximum atomic E-state index is 5.83. The Bertz CT molecular complexity index is 529. The van der Waals surface area contributed by atoms with Gasteiger partial charge in [0.15, 0.2) is 5.96 Å². The number of ether oxygens (including phenoxy) is 2. The van der Waals surface area contributed by atoms with Crippen LogP contribution in [0.2, 0.25) is 0 Å². The first kappa shape index (κ1) is 16.5. The molecule has 0 aromatic heterocycles. The minimum atomic E-state index is 0.242. The van der Waals surface area contributed by atoms with Gasteiger partial charge < -0.3 is 20.1 Å². The Hall–Kier alpha value is -1.91. The summed E-state index contributed by atoms with van der Waals surface area (Å²) in [5.74, 6) is 2.68. The summed E-state index contributed by atoms with van der Waals surface area (Å²) < 4.78 is 11.3. The van der Waals surface area contributed by atoms with Crippen LogP contribution in [0.15, 0.2) is 17.1 Å². The number of hydrogen-bond donors (Lipinski definition) is 2. The monoisotopic (exact) mass is 305 g/mol. The lowest BCUT2D eigenvalue weighted by molar-refractivity contribution is 0.254. The molecule has 0 saturated carbocycles. The minimum Gasteiger partial charge on any atom is -0.496 e. The Kier molecular flexibility index (Phi) is 5.92. The van der Waals surface area contributed by atoms with Gasteiger partial charge in [-0.1, -0.05) is 13.3 Å². The average molecular weight is 305 g/mol. The Morgan fingerprint density at radius 2 is 2.23 bits per heavy atom. The molecule has 122 valence electrons. The van der Waals surface area contributed by atoms with Crippen molar-refractivity contribution in [2.75, 3.05) is 20.7 Å². The molecule has 5 nitrogen and oxygen atoms in total. The number of nitrogens with one attached hydrogen (secondary N) is 2. The zero-order valence-electron chi connectivity index (χ0n) is 14.0. The number of unbranched alkanes of at least 4 members (excludes halogenated alkanes) is 1. The van der Waals surface area contributed by atoms with E-state index in [1.54, 1.807) is 14.2 Å². The second kappa shape index (κ2) is 7.92. The van der Waals surface area contributed by atoms with Crippen molar-refractivity contribution < 1.29 is 9.47 Å². The lowest BCUT2D eigenvalue weighted by Gasteiger charge is -2.14. The second-order valence-corrected chi connectivity index (χ2v) is 5.61. The molecular formula is C17H27N3O2. The molecule has 22 heavy (non-hydrogen) atoms. The largest absolute Gasteiger partial charge is 0.496 e. The number of rotatable bonds is 6. The third-order valence-corrected chi connectivity index (χ3v) is 3.79. The number of methoxy groups -OCH3 is 1. The van der Waals surface area contributed by atoms with Gasteiger partial charge in [0.05, 0.1) is 7.11 Å². The van der Waals surface area contributed by atoms with E-state index in [-0.39, 0.29) is 6.10 Å². The van der Waals surface area contributed by atoms with Gasteiger partial charge in [0.1, 0.15) is 17.6 Å². The van der Waals surface area contributed by atoms with Crippen LogP contribution in [0.3, 0.4) is 0 Å². The first-order valence-corrected chi connectivity index (χ1v) is 7.98. The van der Waals surface area contributed by atoms with Crippen LogP contribution >= 0.6 is 0 Å². The van der Waals surface area contributed by atoms with E-state index in [1.165, 1.54) is 5.56 Å². The zero-order valence-corrected chi connectivity index (χ0v) is 14.0. The van der Waals surface area contributed by atoms with Gasteiger partial charge in [0, 0.05) is 37.7 Å². The normalized spacial score (nSPS) is 16.9. The van der Waals surface area contributed by atoms with Gasteiger partial charge in [-0.3, -0.25) is 4.99 Å². The molecule has 1 aliphatic heterocycles. The Morgan fingerprint density at radius 1 is 1.41 bits per heavy atom. The number of aliphatic imine (C=N–C) groups is 1. The second-order valence-electron chi connectivity index (χ2n) is 5.61. The summed E-state index contributed by atoms with van der Waals surface area (Å²) >= 11 is 0. The van der Waals surface area contributed by atoms with Crippen LogP contribution in [0.5, 0.6) is 11.5 Å². The van der Waals surface area contributed by atoms with Gasteiger partial charge >= 0.3 is 0 Å². The highest BCUT2D eigenvalue weighted by Crippen LogP contribution is 2.34. The van der Waals surface area contributed by atoms with E-state index in [4.69, 9.17) is 9.47 Å². The maximum absolute atomic E-state index is 5.83. The molecular weight excluding hydrogens is 278 g/mol. The summed E-state index contributed by atoms with van der Waals surface area (Å²) in [6.45, 7) is 5.84. The molecule has 0 amide bonds. The summed E-state index contributed by atoms with van der Waals surface area (Å²) in [5.41, 5.74) is 2.30. The van der Waals surface area contributed by atoms with Crippen LogP contribution in [-0.2, 0) is 13.0 Å². The first-order valence-electron chi connectivity index (χ1n) is 7.98. The molecule has 0 aliphatic carbocycles. The van der Waals surface area contributed by atoms with Crippen molar-refractivity contribution in [3.05, 3.63) is 23.3 Å². The van der Waals surface area contributed by atoms with Crippen molar-refractivity contribution >= 4 is 5.96 Å². The molecule has 1 aromatic carbocycles. The summed E-state index contributed by atoms with van der Waals surface area (Å²) in [4.78, 5) is 4.24. The topological polar surface area (TPSA) is 54.9 Å². The molecule has 0 radical (unpaired) electrons. The van der Waals surface area contributed by atoms with Crippen LogP contribution in [0.4, 0.5) is 0 Å². The van der Waals surface area contributed by atoms with Crippen LogP contribution in [-0.4, -0.2) is 32.8 Å². The fourth-order valence-corrected chi connectivity index (χ4v) is 2.59. The summed E-state index contributed by atoms with van der Waals surface area (Å²) in [5, 5.41) is 6.63. The van der Waals surface area contributed by atoms with Crippen LogP contribution in [0, 0.1) is 0 Å². The van der Waals surface area contributed by atoms with Crippen molar-refractivity contribution in [2.24, 2.45) is 4.99 Å². The van der Waals surface area contributed by atoms with Gasteiger partial charge in [0.25, 0.3) is 0 Å². The smallest absolute Gasteiger partial charge is 0.191 e. The van der Waals surface area contributed by atoms with E-state index >= 15 is 0 Å². The molecule has 1 unspecified atom stereocenters. The fraction of sp³-hybridized carbons (Fsp3) is 0.588. The van der Waals surface area contributed by atoms with Crippen LogP contribution in [0.25, 0.3) is 0 Å². The predicted octanol–water partition coefficient (Wildman–Crippen LogP) is 2.48. The quantitative estimate of drug-likeness (QED) is 0.482. The molecule has 1 aromatic rings. The molecule has 0 saturated heterocycles. The van der Waals surface area contributed by atoms with Gasteiger partial charge in [0.2, 0.25) is 0 Å². The summed E-state index contributed by atoms with van der Waals surface area (Å²) in [6.07, 6.45) is 3.48. The lowest BCUT2D eigenvalue weighted by atomic mass is 10.1. The van der Waals surface area contributed by atoms with E-state index in [0.29, 0.717) is 6.54 Å².